The highest BCUT2D eigenvalue weighted by atomic mass is 16.2. The third-order valence-corrected chi connectivity index (χ3v) is 3.23. The average molecular weight is 192 g/mol. The third-order valence-electron chi connectivity index (χ3n) is 3.23. The second kappa shape index (κ2) is 3.61. The summed E-state index contributed by atoms with van der Waals surface area (Å²) in [5.41, 5.74) is -0.530. The molecular weight excluding hydrogens is 176 g/mol. The Kier molecular flexibility index (Phi) is 2.45. The summed E-state index contributed by atoms with van der Waals surface area (Å²) in [5, 5.41) is 12.1. The number of rotatable bonds is 2. The summed E-state index contributed by atoms with van der Waals surface area (Å²) in [5.74, 6) is 0.315. The van der Waals surface area contributed by atoms with Crippen molar-refractivity contribution in [1.29, 1.82) is 5.26 Å². The molecule has 0 radical (unpaired) electrons. The van der Waals surface area contributed by atoms with Gasteiger partial charge in [0, 0.05) is 5.92 Å². The zero-order valence-corrected chi connectivity index (χ0v) is 8.38. The summed E-state index contributed by atoms with van der Waals surface area (Å²) in [6.45, 7) is 0. The monoisotopic (exact) mass is 192 g/mol. The molecule has 0 unspecified atom stereocenters. The fraction of sp³-hybridized carbons (Fsp3) is 0.818. The Bertz CT molecular complexity index is 270. The molecule has 0 aromatic rings. The summed E-state index contributed by atoms with van der Waals surface area (Å²) >= 11 is 0. The standard InChI is InChI=1S/C11H16N2O/c12-8-11(6-2-1-3-7-11)13-10(14)9-4-5-9/h9H,1-7H2,(H,13,14). The lowest BCUT2D eigenvalue weighted by atomic mass is 9.83. The molecule has 0 aromatic carbocycles. The molecule has 2 saturated carbocycles. The molecule has 76 valence electrons. The van der Waals surface area contributed by atoms with Crippen LogP contribution < -0.4 is 5.32 Å². The Morgan fingerprint density at radius 3 is 2.43 bits per heavy atom. The zero-order chi connectivity index (χ0) is 10.0. The van der Waals surface area contributed by atoms with Gasteiger partial charge in [-0.15, -0.1) is 0 Å². The predicted octanol–water partition coefficient (Wildman–Crippen LogP) is 1.74. The van der Waals surface area contributed by atoms with Crippen molar-refractivity contribution in [3.05, 3.63) is 0 Å². The summed E-state index contributed by atoms with van der Waals surface area (Å²) in [6, 6.07) is 2.30. The van der Waals surface area contributed by atoms with Gasteiger partial charge in [-0.05, 0) is 25.7 Å². The first-order valence-corrected chi connectivity index (χ1v) is 5.49. The molecule has 1 amide bonds. The van der Waals surface area contributed by atoms with E-state index >= 15 is 0 Å². The van der Waals surface area contributed by atoms with Crippen molar-refractivity contribution in [3.8, 4) is 6.07 Å². The van der Waals surface area contributed by atoms with Gasteiger partial charge in [0.2, 0.25) is 5.91 Å². The Labute approximate surface area is 84.5 Å². The van der Waals surface area contributed by atoms with Crippen molar-refractivity contribution >= 4 is 5.91 Å². The van der Waals surface area contributed by atoms with Crippen LogP contribution >= 0.6 is 0 Å². The van der Waals surface area contributed by atoms with E-state index < -0.39 is 5.54 Å². The molecule has 3 nitrogen and oxygen atoms in total. The van der Waals surface area contributed by atoms with E-state index in [1.807, 2.05) is 0 Å². The molecule has 2 aliphatic rings. The van der Waals surface area contributed by atoms with E-state index in [9.17, 15) is 4.79 Å². The Morgan fingerprint density at radius 1 is 1.29 bits per heavy atom. The number of carbonyl (C=O) groups is 1. The van der Waals surface area contributed by atoms with Gasteiger partial charge in [-0.2, -0.15) is 5.26 Å². The maximum atomic E-state index is 11.6. The van der Waals surface area contributed by atoms with Gasteiger partial charge in [-0.25, -0.2) is 0 Å². The van der Waals surface area contributed by atoms with Crippen molar-refractivity contribution in [3.63, 3.8) is 0 Å². The van der Waals surface area contributed by atoms with Crippen LogP contribution in [0.3, 0.4) is 0 Å². The molecule has 1 N–H and O–H groups in total. The topological polar surface area (TPSA) is 52.9 Å². The number of nitriles is 1. The van der Waals surface area contributed by atoms with E-state index in [0.29, 0.717) is 0 Å². The van der Waals surface area contributed by atoms with Crippen LogP contribution in [0.1, 0.15) is 44.9 Å². The molecule has 0 bridgehead atoms. The number of carbonyl (C=O) groups excluding carboxylic acids is 1. The van der Waals surface area contributed by atoms with Crippen molar-refractivity contribution in [1.82, 2.24) is 5.32 Å². The van der Waals surface area contributed by atoms with E-state index in [2.05, 4.69) is 11.4 Å². The molecule has 2 rings (SSSR count). The van der Waals surface area contributed by atoms with Gasteiger partial charge in [-0.1, -0.05) is 19.3 Å². The first-order valence-electron chi connectivity index (χ1n) is 5.49. The number of amides is 1. The van der Waals surface area contributed by atoms with Gasteiger partial charge in [0.05, 0.1) is 6.07 Å². The quantitative estimate of drug-likeness (QED) is 0.724. The summed E-state index contributed by atoms with van der Waals surface area (Å²) in [6.07, 6.45) is 7.02. The van der Waals surface area contributed by atoms with E-state index in [0.717, 1.165) is 38.5 Å². The lowest BCUT2D eigenvalue weighted by Gasteiger charge is -2.31. The van der Waals surface area contributed by atoms with Gasteiger partial charge in [0.1, 0.15) is 5.54 Å². The van der Waals surface area contributed by atoms with Crippen molar-refractivity contribution in [2.24, 2.45) is 5.92 Å². The molecule has 2 fully saturated rings. The molecule has 2 aliphatic carbocycles. The molecule has 0 atom stereocenters. The first kappa shape index (κ1) is 9.51. The maximum Gasteiger partial charge on any atom is 0.224 e. The number of nitrogens with zero attached hydrogens (tertiary/aromatic N) is 1. The average Bonchev–Trinajstić information content (AvgIpc) is 3.02. The molecule has 0 heterocycles. The Hall–Kier alpha value is -1.04. The van der Waals surface area contributed by atoms with Crippen LogP contribution in [0.4, 0.5) is 0 Å². The minimum atomic E-state index is -0.530. The number of nitrogens with one attached hydrogen (secondary N) is 1. The highest BCUT2D eigenvalue weighted by Crippen LogP contribution is 2.32. The predicted molar refractivity (Wildman–Crippen MR) is 52.3 cm³/mol. The fourth-order valence-electron chi connectivity index (χ4n) is 2.10. The van der Waals surface area contributed by atoms with Gasteiger partial charge in [-0.3, -0.25) is 4.79 Å². The van der Waals surface area contributed by atoms with E-state index in [1.165, 1.54) is 6.42 Å². The van der Waals surface area contributed by atoms with Gasteiger partial charge < -0.3 is 5.32 Å². The summed E-state index contributed by atoms with van der Waals surface area (Å²) in [4.78, 5) is 11.6. The van der Waals surface area contributed by atoms with E-state index in [-0.39, 0.29) is 11.8 Å². The van der Waals surface area contributed by atoms with Crippen LogP contribution in [0, 0.1) is 17.2 Å². The molecule has 0 spiro atoms. The van der Waals surface area contributed by atoms with Crippen molar-refractivity contribution in [2.75, 3.05) is 0 Å². The maximum absolute atomic E-state index is 11.6. The molecule has 3 heteroatoms. The SMILES string of the molecule is N#CC1(NC(=O)C2CC2)CCCCC1. The first-order chi connectivity index (χ1) is 6.76. The van der Waals surface area contributed by atoms with E-state index in [4.69, 9.17) is 5.26 Å². The van der Waals surface area contributed by atoms with Gasteiger partial charge in [0.15, 0.2) is 0 Å². The second-order valence-electron chi connectivity index (χ2n) is 4.52. The number of hydrogen-bond donors (Lipinski definition) is 1. The van der Waals surface area contributed by atoms with E-state index in [1.54, 1.807) is 0 Å². The summed E-state index contributed by atoms with van der Waals surface area (Å²) in [7, 11) is 0. The van der Waals surface area contributed by atoms with Crippen LogP contribution in [0.25, 0.3) is 0 Å². The smallest absolute Gasteiger partial charge is 0.224 e. The zero-order valence-electron chi connectivity index (χ0n) is 8.38. The van der Waals surface area contributed by atoms with Gasteiger partial charge >= 0.3 is 0 Å². The van der Waals surface area contributed by atoms with Crippen LogP contribution in [0.2, 0.25) is 0 Å². The minimum absolute atomic E-state index is 0.105. The molecular formula is C11H16N2O. The van der Waals surface area contributed by atoms with Crippen LogP contribution in [0.5, 0.6) is 0 Å². The summed E-state index contributed by atoms with van der Waals surface area (Å²) < 4.78 is 0. The van der Waals surface area contributed by atoms with Crippen LogP contribution in [-0.2, 0) is 4.79 Å². The fourth-order valence-corrected chi connectivity index (χ4v) is 2.10. The Morgan fingerprint density at radius 2 is 1.93 bits per heavy atom. The largest absolute Gasteiger partial charge is 0.338 e. The normalized spacial score (nSPS) is 25.1. The van der Waals surface area contributed by atoms with Crippen LogP contribution in [0.15, 0.2) is 0 Å². The molecule has 0 saturated heterocycles. The van der Waals surface area contributed by atoms with Crippen LogP contribution in [-0.4, -0.2) is 11.4 Å². The number of hydrogen-bond acceptors (Lipinski definition) is 2. The molecule has 14 heavy (non-hydrogen) atoms. The highest BCUT2D eigenvalue weighted by molar-refractivity contribution is 5.82. The second-order valence-corrected chi connectivity index (χ2v) is 4.52. The molecule has 0 aromatic heterocycles. The van der Waals surface area contributed by atoms with Crippen molar-refractivity contribution < 1.29 is 4.79 Å². The lowest BCUT2D eigenvalue weighted by Crippen LogP contribution is -2.49. The Balaban J connectivity index is 1.97. The van der Waals surface area contributed by atoms with Gasteiger partial charge in [0.25, 0.3) is 0 Å². The third kappa shape index (κ3) is 1.89. The molecule has 0 aliphatic heterocycles. The minimum Gasteiger partial charge on any atom is -0.338 e. The highest BCUT2D eigenvalue weighted by Gasteiger charge is 2.38. The van der Waals surface area contributed by atoms with Crippen molar-refractivity contribution in [2.45, 2.75) is 50.5 Å². The lowest BCUT2D eigenvalue weighted by molar-refractivity contribution is -0.124.